The molecular formula is C23H30N4O2. The summed E-state index contributed by atoms with van der Waals surface area (Å²) in [5.74, 6) is 0.372. The number of benzene rings is 1. The van der Waals surface area contributed by atoms with Gasteiger partial charge in [-0.15, -0.1) is 0 Å². The van der Waals surface area contributed by atoms with Crippen LogP contribution in [0.5, 0.6) is 0 Å². The molecule has 2 heterocycles. The van der Waals surface area contributed by atoms with E-state index < -0.39 is 0 Å². The maximum atomic E-state index is 13.3. The second-order valence-corrected chi connectivity index (χ2v) is 9.00. The molecule has 6 heteroatoms. The summed E-state index contributed by atoms with van der Waals surface area (Å²) in [5, 5.41) is 0. The average Bonchev–Trinajstić information content (AvgIpc) is 3.11. The Kier molecular flexibility index (Phi) is 5.19. The zero-order chi connectivity index (χ0) is 20.6. The SMILES string of the molecule is CCC(C(=O)N1CCN(C2=CC(=O)CC(C)(C)C2)CC1)n1cnc2ccccc21. The number of imidazole rings is 1. The second kappa shape index (κ2) is 7.65. The monoisotopic (exact) mass is 394 g/mol. The van der Waals surface area contributed by atoms with Crippen LogP contribution in [-0.2, 0) is 9.59 Å². The molecule has 1 fully saturated rings. The number of carbonyl (C=O) groups excluding carboxylic acids is 2. The molecule has 0 N–H and O–H groups in total. The minimum absolute atomic E-state index is 0.0178. The van der Waals surface area contributed by atoms with Crippen molar-refractivity contribution in [1.82, 2.24) is 19.4 Å². The van der Waals surface area contributed by atoms with E-state index in [-0.39, 0.29) is 23.1 Å². The number of nitrogens with zero attached hydrogens (tertiary/aromatic N) is 4. The van der Waals surface area contributed by atoms with Gasteiger partial charge >= 0.3 is 0 Å². The minimum atomic E-state index is -0.233. The standard InChI is InChI=1S/C23H30N4O2/c1-4-20(27-16-24-19-7-5-6-8-21(19)27)22(29)26-11-9-25(10-12-26)17-13-18(28)15-23(2,3)14-17/h5-8,13,16,20H,4,9-12,14-15H2,1-3H3. The number of hydrogen-bond acceptors (Lipinski definition) is 4. The molecule has 1 aliphatic heterocycles. The van der Waals surface area contributed by atoms with E-state index in [0.717, 1.165) is 42.7 Å². The Labute approximate surface area is 172 Å². The highest BCUT2D eigenvalue weighted by molar-refractivity contribution is 5.91. The van der Waals surface area contributed by atoms with E-state index in [4.69, 9.17) is 0 Å². The summed E-state index contributed by atoms with van der Waals surface area (Å²) >= 11 is 0. The van der Waals surface area contributed by atoms with Crippen molar-refractivity contribution in [3.63, 3.8) is 0 Å². The number of ketones is 1. The van der Waals surface area contributed by atoms with E-state index >= 15 is 0 Å². The van der Waals surface area contributed by atoms with Crippen LogP contribution < -0.4 is 0 Å². The van der Waals surface area contributed by atoms with Crippen molar-refractivity contribution in [3.8, 4) is 0 Å². The molecule has 1 aliphatic carbocycles. The van der Waals surface area contributed by atoms with Gasteiger partial charge in [-0.2, -0.15) is 0 Å². The van der Waals surface area contributed by atoms with Crippen LogP contribution >= 0.6 is 0 Å². The summed E-state index contributed by atoms with van der Waals surface area (Å²) in [6.07, 6.45) is 5.87. The number of para-hydroxylation sites is 2. The number of allylic oxidation sites excluding steroid dienone is 2. The third kappa shape index (κ3) is 3.93. The van der Waals surface area contributed by atoms with Gasteiger partial charge in [-0.3, -0.25) is 9.59 Å². The Balaban J connectivity index is 1.45. The molecule has 1 saturated heterocycles. The van der Waals surface area contributed by atoms with E-state index in [1.165, 1.54) is 0 Å². The lowest BCUT2D eigenvalue weighted by atomic mass is 9.78. The van der Waals surface area contributed by atoms with E-state index in [1.54, 1.807) is 6.33 Å². The van der Waals surface area contributed by atoms with Gasteiger partial charge in [0.1, 0.15) is 6.04 Å². The number of carbonyl (C=O) groups is 2. The number of hydrogen-bond donors (Lipinski definition) is 0. The molecule has 0 saturated carbocycles. The summed E-state index contributed by atoms with van der Waals surface area (Å²) in [4.78, 5) is 34.1. The van der Waals surface area contributed by atoms with Gasteiger partial charge in [0.25, 0.3) is 0 Å². The number of fused-ring (bicyclic) bond motifs is 1. The molecule has 1 atom stereocenters. The van der Waals surface area contributed by atoms with Crippen molar-refractivity contribution in [3.05, 3.63) is 42.4 Å². The lowest BCUT2D eigenvalue weighted by Crippen LogP contribution is -2.50. The van der Waals surface area contributed by atoms with E-state index in [0.29, 0.717) is 19.5 Å². The summed E-state index contributed by atoms with van der Waals surface area (Å²) < 4.78 is 2.01. The van der Waals surface area contributed by atoms with Gasteiger partial charge in [-0.25, -0.2) is 4.98 Å². The van der Waals surface area contributed by atoms with E-state index in [9.17, 15) is 9.59 Å². The van der Waals surface area contributed by atoms with Crippen molar-refractivity contribution >= 4 is 22.7 Å². The molecule has 6 nitrogen and oxygen atoms in total. The zero-order valence-corrected chi connectivity index (χ0v) is 17.6. The van der Waals surface area contributed by atoms with Crippen molar-refractivity contribution in [2.75, 3.05) is 26.2 Å². The number of rotatable bonds is 4. The van der Waals surface area contributed by atoms with Crippen molar-refractivity contribution in [2.45, 2.75) is 46.1 Å². The molecule has 0 bridgehead atoms. The Morgan fingerprint density at radius 1 is 1.14 bits per heavy atom. The maximum Gasteiger partial charge on any atom is 0.245 e. The molecule has 1 amide bonds. The van der Waals surface area contributed by atoms with Crippen LogP contribution in [0.15, 0.2) is 42.4 Å². The van der Waals surface area contributed by atoms with Crippen molar-refractivity contribution < 1.29 is 9.59 Å². The van der Waals surface area contributed by atoms with Crippen LogP contribution in [-0.4, -0.2) is 57.2 Å². The molecule has 1 aromatic carbocycles. The Morgan fingerprint density at radius 2 is 1.86 bits per heavy atom. The molecule has 1 unspecified atom stereocenters. The fraction of sp³-hybridized carbons (Fsp3) is 0.522. The third-order valence-corrected chi connectivity index (χ3v) is 6.13. The Bertz CT molecular complexity index is 951. The summed E-state index contributed by atoms with van der Waals surface area (Å²) in [6, 6.07) is 7.71. The quantitative estimate of drug-likeness (QED) is 0.797. The first kappa shape index (κ1) is 19.7. The molecule has 2 aliphatic rings. The topological polar surface area (TPSA) is 58.4 Å². The van der Waals surface area contributed by atoms with E-state index in [1.807, 2.05) is 46.7 Å². The molecule has 4 rings (SSSR count). The van der Waals surface area contributed by atoms with Gasteiger partial charge < -0.3 is 14.4 Å². The highest BCUT2D eigenvalue weighted by Crippen LogP contribution is 2.35. The number of piperazine rings is 1. The summed E-state index contributed by atoms with van der Waals surface area (Å²) in [7, 11) is 0. The van der Waals surface area contributed by atoms with Gasteiger partial charge in [0.15, 0.2) is 5.78 Å². The first-order valence-electron chi connectivity index (χ1n) is 10.6. The Hall–Kier alpha value is -2.63. The van der Waals surface area contributed by atoms with Crippen LogP contribution in [0.2, 0.25) is 0 Å². The van der Waals surface area contributed by atoms with Gasteiger partial charge in [-0.1, -0.05) is 32.9 Å². The molecule has 2 aromatic rings. The number of aromatic nitrogens is 2. The zero-order valence-electron chi connectivity index (χ0n) is 17.6. The van der Waals surface area contributed by atoms with Crippen LogP contribution in [0.1, 0.15) is 46.1 Å². The van der Waals surface area contributed by atoms with Crippen LogP contribution in [0.3, 0.4) is 0 Å². The minimum Gasteiger partial charge on any atom is -0.371 e. The van der Waals surface area contributed by atoms with Gasteiger partial charge in [-0.05, 0) is 30.4 Å². The van der Waals surface area contributed by atoms with Crippen LogP contribution in [0, 0.1) is 5.41 Å². The molecular weight excluding hydrogens is 364 g/mol. The fourth-order valence-corrected chi connectivity index (χ4v) is 4.66. The third-order valence-electron chi connectivity index (χ3n) is 6.13. The molecule has 29 heavy (non-hydrogen) atoms. The first-order valence-corrected chi connectivity index (χ1v) is 10.6. The molecule has 1 aromatic heterocycles. The summed E-state index contributed by atoms with van der Waals surface area (Å²) in [5.41, 5.74) is 3.06. The normalized spacial score (nSPS) is 20.7. The predicted octanol–water partition coefficient (Wildman–Crippen LogP) is 3.40. The average molecular weight is 395 g/mol. The smallest absolute Gasteiger partial charge is 0.245 e. The second-order valence-electron chi connectivity index (χ2n) is 9.00. The lowest BCUT2D eigenvalue weighted by molar-refractivity contribution is -0.136. The molecule has 0 radical (unpaired) electrons. The first-order chi connectivity index (χ1) is 13.9. The Morgan fingerprint density at radius 3 is 2.55 bits per heavy atom. The summed E-state index contributed by atoms with van der Waals surface area (Å²) in [6.45, 7) is 9.29. The highest BCUT2D eigenvalue weighted by Gasteiger charge is 2.33. The maximum absolute atomic E-state index is 13.3. The lowest BCUT2D eigenvalue weighted by Gasteiger charge is -2.41. The fourth-order valence-electron chi connectivity index (χ4n) is 4.66. The van der Waals surface area contributed by atoms with Gasteiger partial charge in [0.2, 0.25) is 5.91 Å². The van der Waals surface area contributed by atoms with Crippen molar-refractivity contribution in [2.24, 2.45) is 5.41 Å². The predicted molar refractivity (Wildman–Crippen MR) is 113 cm³/mol. The highest BCUT2D eigenvalue weighted by atomic mass is 16.2. The molecule has 0 spiro atoms. The van der Waals surface area contributed by atoms with Gasteiger partial charge in [0, 0.05) is 44.4 Å². The largest absolute Gasteiger partial charge is 0.371 e. The van der Waals surface area contributed by atoms with Crippen LogP contribution in [0.4, 0.5) is 0 Å². The van der Waals surface area contributed by atoms with Crippen molar-refractivity contribution in [1.29, 1.82) is 0 Å². The number of amides is 1. The van der Waals surface area contributed by atoms with Crippen LogP contribution in [0.25, 0.3) is 11.0 Å². The molecule has 154 valence electrons. The van der Waals surface area contributed by atoms with Gasteiger partial charge in [0.05, 0.1) is 17.4 Å². The van der Waals surface area contributed by atoms with E-state index in [2.05, 4.69) is 23.7 Å².